The molecule has 0 aliphatic carbocycles. The van der Waals surface area contributed by atoms with E-state index in [1.807, 2.05) is 64.4 Å². The Hall–Kier alpha value is -3.68. The molecule has 3 fully saturated rings. The monoisotopic (exact) mass is 794 g/mol. The zero-order valence-corrected chi connectivity index (χ0v) is 35.9. The molecular weight excluding hydrogens is 729 g/mol. The van der Waals surface area contributed by atoms with Gasteiger partial charge in [-0.1, -0.05) is 55.4 Å². The number of amides is 1. The second kappa shape index (κ2) is 18.5. The van der Waals surface area contributed by atoms with E-state index in [4.69, 9.17) is 23.7 Å². The van der Waals surface area contributed by atoms with Gasteiger partial charge in [-0.15, -0.1) is 0 Å². The number of imidazole rings is 1. The molecule has 13 nitrogen and oxygen atoms in total. The van der Waals surface area contributed by atoms with Gasteiger partial charge >= 0.3 is 12.1 Å². The van der Waals surface area contributed by atoms with Crippen LogP contribution in [0.15, 0.2) is 37.1 Å². The van der Waals surface area contributed by atoms with Crippen molar-refractivity contribution in [3.8, 4) is 11.3 Å². The molecule has 5 heterocycles. The van der Waals surface area contributed by atoms with Gasteiger partial charge in [-0.25, -0.2) is 9.78 Å². The lowest BCUT2D eigenvalue weighted by Crippen LogP contribution is -2.62. The molecule has 13 heteroatoms. The van der Waals surface area contributed by atoms with Crippen molar-refractivity contribution in [3.63, 3.8) is 0 Å². The minimum Gasteiger partial charge on any atom is -0.457 e. The zero-order valence-electron chi connectivity index (χ0n) is 35.9. The first kappa shape index (κ1) is 44.4. The summed E-state index contributed by atoms with van der Waals surface area (Å²) < 4.78 is 33.4. The number of fused-ring (bicyclic) bond motifs is 1. The molecule has 0 spiro atoms. The number of hydrogen-bond donors (Lipinski definition) is 0. The lowest BCUT2D eigenvalue weighted by molar-refractivity contribution is -0.267. The Bertz CT molecular complexity index is 1700. The summed E-state index contributed by atoms with van der Waals surface area (Å²) in [6, 6.07) is 3.02. The average Bonchev–Trinajstić information content (AvgIpc) is 3.76. The number of cyclic esters (lactones) is 1. The van der Waals surface area contributed by atoms with Crippen molar-refractivity contribution in [3.05, 3.63) is 37.1 Å². The minimum absolute atomic E-state index is 0.0159. The van der Waals surface area contributed by atoms with Crippen LogP contribution in [0.3, 0.4) is 0 Å². The fraction of sp³-hybridized carbons (Fsp3) is 0.727. The van der Waals surface area contributed by atoms with Crippen molar-refractivity contribution in [1.29, 1.82) is 0 Å². The number of unbranched alkanes of at least 4 members (excludes halogenated alkanes) is 1. The number of aryl methyl sites for hydroxylation is 1. The third kappa shape index (κ3) is 9.46. The summed E-state index contributed by atoms with van der Waals surface area (Å²) >= 11 is 0. The van der Waals surface area contributed by atoms with Crippen LogP contribution in [-0.4, -0.2) is 99.6 Å². The molecule has 5 rings (SSSR count). The summed E-state index contributed by atoms with van der Waals surface area (Å²) in [6.45, 7) is 20.1. The van der Waals surface area contributed by atoms with Gasteiger partial charge in [0.25, 0.3) is 0 Å². The highest BCUT2D eigenvalue weighted by molar-refractivity contribution is 6.00. The number of rotatable bonds is 11. The van der Waals surface area contributed by atoms with Crippen LogP contribution in [0.25, 0.3) is 11.3 Å². The van der Waals surface area contributed by atoms with Crippen molar-refractivity contribution in [2.75, 3.05) is 20.3 Å². The van der Waals surface area contributed by atoms with Crippen molar-refractivity contribution in [2.24, 2.45) is 40.9 Å². The number of carbonyl (C=O) groups excluding carboxylic acids is 4. The molecule has 3 aliphatic rings. The molecule has 57 heavy (non-hydrogen) atoms. The van der Waals surface area contributed by atoms with Gasteiger partial charge in [0.2, 0.25) is 0 Å². The van der Waals surface area contributed by atoms with Crippen LogP contribution in [0, 0.1) is 40.9 Å². The van der Waals surface area contributed by atoms with Gasteiger partial charge in [-0.05, 0) is 69.4 Å². The molecule has 3 saturated heterocycles. The highest BCUT2D eigenvalue weighted by Crippen LogP contribution is 2.45. The molecule has 0 radical (unpaired) electrons. The molecule has 0 N–H and O–H groups in total. The molecule has 2 aromatic heterocycles. The molecule has 0 saturated carbocycles. The van der Waals surface area contributed by atoms with Crippen LogP contribution in [0.5, 0.6) is 0 Å². The van der Waals surface area contributed by atoms with Crippen molar-refractivity contribution in [2.45, 2.75) is 144 Å². The van der Waals surface area contributed by atoms with E-state index >= 15 is 0 Å². The van der Waals surface area contributed by atoms with Gasteiger partial charge < -0.3 is 33.2 Å². The van der Waals surface area contributed by atoms with Crippen LogP contribution < -0.4 is 0 Å². The summed E-state index contributed by atoms with van der Waals surface area (Å²) in [5.74, 6) is -3.76. The number of nitrogens with zero attached hydrogens (tertiary/aromatic N) is 4. The number of methoxy groups -OCH3 is 1. The predicted molar refractivity (Wildman–Crippen MR) is 214 cm³/mol. The smallest absolute Gasteiger partial charge is 0.411 e. The van der Waals surface area contributed by atoms with E-state index < -0.39 is 71.3 Å². The Morgan fingerprint density at radius 1 is 0.965 bits per heavy atom. The van der Waals surface area contributed by atoms with Gasteiger partial charge in [-0.2, -0.15) is 0 Å². The highest BCUT2D eigenvalue weighted by Gasteiger charge is 2.63. The number of ketones is 2. The number of aromatic nitrogens is 3. The van der Waals surface area contributed by atoms with E-state index in [9.17, 15) is 19.2 Å². The molecule has 12 atom stereocenters. The van der Waals surface area contributed by atoms with Gasteiger partial charge in [0.05, 0.1) is 36.9 Å². The first-order valence-corrected chi connectivity index (χ1v) is 20.9. The fourth-order valence-electron chi connectivity index (χ4n) is 9.73. The first-order chi connectivity index (χ1) is 26.9. The Morgan fingerprint density at radius 3 is 2.35 bits per heavy atom. The van der Waals surface area contributed by atoms with Crippen LogP contribution in [0.4, 0.5) is 4.79 Å². The van der Waals surface area contributed by atoms with Gasteiger partial charge in [0.1, 0.15) is 17.8 Å². The van der Waals surface area contributed by atoms with Crippen LogP contribution in [-0.2, 0) is 44.6 Å². The summed E-state index contributed by atoms with van der Waals surface area (Å²) in [5, 5.41) is 0. The van der Waals surface area contributed by atoms with Gasteiger partial charge in [0, 0.05) is 68.0 Å². The molecule has 3 aliphatic heterocycles. The fourth-order valence-corrected chi connectivity index (χ4v) is 9.73. The molecule has 316 valence electrons. The van der Waals surface area contributed by atoms with Crippen molar-refractivity contribution in [1.82, 2.24) is 19.4 Å². The second-order valence-electron chi connectivity index (χ2n) is 17.8. The Kier molecular flexibility index (Phi) is 14.4. The highest BCUT2D eigenvalue weighted by atomic mass is 16.7. The minimum atomic E-state index is -1.50. The third-order valence-electron chi connectivity index (χ3n) is 12.9. The van der Waals surface area contributed by atoms with Gasteiger partial charge in [-0.3, -0.25) is 19.4 Å². The van der Waals surface area contributed by atoms with E-state index in [2.05, 4.69) is 23.8 Å². The van der Waals surface area contributed by atoms with Crippen molar-refractivity contribution < 1.29 is 42.9 Å². The summed E-state index contributed by atoms with van der Waals surface area (Å²) in [4.78, 5) is 67.5. The molecule has 1 amide bonds. The van der Waals surface area contributed by atoms with E-state index in [1.54, 1.807) is 37.5 Å². The van der Waals surface area contributed by atoms with E-state index in [1.165, 1.54) is 7.11 Å². The number of ether oxygens (including phenoxy) is 5. The summed E-state index contributed by atoms with van der Waals surface area (Å²) in [7, 11) is 1.50. The van der Waals surface area contributed by atoms with Crippen molar-refractivity contribution >= 4 is 23.6 Å². The van der Waals surface area contributed by atoms with Crippen LogP contribution in [0.1, 0.15) is 101 Å². The zero-order chi connectivity index (χ0) is 41.8. The average molecular weight is 795 g/mol. The van der Waals surface area contributed by atoms with Crippen LogP contribution in [0.2, 0.25) is 0 Å². The van der Waals surface area contributed by atoms with E-state index in [0.29, 0.717) is 31.8 Å². The maximum atomic E-state index is 14.8. The molecule has 1 unspecified atom stereocenters. The molecule has 2 aromatic rings. The Labute approximate surface area is 338 Å². The van der Waals surface area contributed by atoms with E-state index in [-0.39, 0.29) is 36.6 Å². The van der Waals surface area contributed by atoms with Crippen LogP contribution >= 0.6 is 0 Å². The number of Topliss-reactive ketones (excluding diaryl/α,β-unsaturated/α-hetero) is 2. The number of pyridine rings is 1. The van der Waals surface area contributed by atoms with E-state index in [0.717, 1.165) is 24.1 Å². The number of hydrogen-bond acceptors (Lipinski definition) is 11. The Balaban J connectivity index is 1.45. The molecule has 0 bridgehead atoms. The lowest BCUT2D eigenvalue weighted by Gasteiger charge is -2.46. The summed E-state index contributed by atoms with van der Waals surface area (Å²) in [6.07, 6.45) is 7.29. The number of carbonyl (C=O) groups is 4. The molecule has 0 aromatic carbocycles. The maximum Gasteiger partial charge on any atom is 0.411 e. The summed E-state index contributed by atoms with van der Waals surface area (Å²) in [5.41, 5.74) is -0.457. The Morgan fingerprint density at radius 2 is 1.68 bits per heavy atom. The first-order valence-electron chi connectivity index (χ1n) is 20.9. The standard InChI is InChI=1S/C44H66N4O9/c1-12-35-44(24-53-11)38(48(42(52)57-44)19-14-13-18-47-23-34(46-25-47)33-16-15-17-45-22-33)30(6)36(49)27(3)21-43(9,10)39(31(7)37(50)32(8)40(51)55-35)56-41-29(5)26(2)20-28(4)54-41/h15-17,22-23,25-32,35,38-39,41H,12-14,18-21,24H2,1-11H3/t26-,27+,28+,29+,30-,31-,32+,35+,38+,39+,41?,44+/m0/s1. The third-order valence-corrected chi connectivity index (χ3v) is 12.9. The quantitative estimate of drug-likeness (QED) is 0.130. The normalized spacial score (nSPS) is 35.4. The second-order valence-corrected chi connectivity index (χ2v) is 17.8. The largest absolute Gasteiger partial charge is 0.457 e. The topological polar surface area (TPSA) is 148 Å². The predicted octanol–water partition coefficient (Wildman–Crippen LogP) is 7.16. The maximum absolute atomic E-state index is 14.8. The SMILES string of the molecule is CC[C@H]1OC(=O)[C@H](C)C(=O)[C@H](C)[C@@H](OC2O[C@H](C)C[C@H](C)[C@H]2C)C(C)(C)C[C@@H](C)C(=O)[C@H](C)[C@H]2N(CCCCn3cnc(-c4cccnc4)c3)C(=O)O[C@]12COC. The number of esters is 1. The van der Waals surface area contributed by atoms with Gasteiger partial charge in [0.15, 0.2) is 17.7 Å². The molecular formula is C44H66N4O9. The lowest BCUT2D eigenvalue weighted by atomic mass is 9.69.